The van der Waals surface area contributed by atoms with E-state index in [0.29, 0.717) is 17.1 Å². The molecule has 2 aliphatic rings. The van der Waals surface area contributed by atoms with Gasteiger partial charge in [0.25, 0.3) is 5.91 Å². The third-order valence-electron chi connectivity index (χ3n) is 7.43. The van der Waals surface area contributed by atoms with E-state index in [1.165, 1.54) is 9.80 Å². The Labute approximate surface area is 236 Å². The molecule has 3 heterocycles. The summed E-state index contributed by atoms with van der Waals surface area (Å²) in [6.45, 7) is 6.33. The number of hydrogen-bond acceptors (Lipinski definition) is 6. The first kappa shape index (κ1) is 27.3. The maximum absolute atomic E-state index is 13.9. The van der Waals surface area contributed by atoms with E-state index in [1.807, 2.05) is 56.6 Å². The molecule has 0 unspecified atom stereocenters. The van der Waals surface area contributed by atoms with Crippen molar-refractivity contribution in [3.05, 3.63) is 75.4 Å². The van der Waals surface area contributed by atoms with Crippen LogP contribution >= 0.6 is 22.9 Å². The second-order valence-corrected chi connectivity index (χ2v) is 11.7. The van der Waals surface area contributed by atoms with Crippen molar-refractivity contribution >= 4 is 40.7 Å². The van der Waals surface area contributed by atoms with Gasteiger partial charge in [-0.15, -0.1) is 11.3 Å². The molecule has 0 aliphatic carbocycles. The number of aliphatic hydroxyl groups excluding tert-OH is 1. The first-order chi connectivity index (χ1) is 18.7. The lowest BCUT2D eigenvalue weighted by Crippen LogP contribution is -2.55. The quantitative estimate of drug-likeness (QED) is 0.449. The number of carbonyl (C=O) groups is 3. The van der Waals surface area contributed by atoms with Crippen molar-refractivity contribution in [2.45, 2.75) is 58.5 Å². The molecule has 10 heteroatoms. The number of nitrogens with one attached hydrogen (secondary N) is 1. The number of benzene rings is 2. The summed E-state index contributed by atoms with van der Waals surface area (Å²) in [5.41, 5.74) is 5.98. The predicted octanol–water partition coefficient (Wildman–Crippen LogP) is 4.03. The van der Waals surface area contributed by atoms with E-state index in [-0.39, 0.29) is 43.1 Å². The highest BCUT2D eigenvalue weighted by Gasteiger charge is 2.46. The molecular formula is C29H31ClN4O4S. The van der Waals surface area contributed by atoms with Gasteiger partial charge in [0.05, 0.1) is 32.8 Å². The van der Waals surface area contributed by atoms with Crippen LogP contribution in [-0.4, -0.2) is 62.3 Å². The number of fused-ring (bicyclic) bond motifs is 1. The second kappa shape index (κ2) is 11.1. The molecule has 0 saturated carbocycles. The monoisotopic (exact) mass is 566 g/mol. The van der Waals surface area contributed by atoms with Crippen LogP contribution in [0.5, 0.6) is 0 Å². The van der Waals surface area contributed by atoms with Gasteiger partial charge < -0.3 is 20.2 Å². The van der Waals surface area contributed by atoms with Crippen LogP contribution in [0.4, 0.5) is 0 Å². The molecule has 2 aromatic carbocycles. The third-order valence-corrected chi connectivity index (χ3v) is 8.72. The van der Waals surface area contributed by atoms with Gasteiger partial charge in [0.2, 0.25) is 11.8 Å². The van der Waals surface area contributed by atoms with Crippen molar-refractivity contribution in [1.82, 2.24) is 20.1 Å². The van der Waals surface area contributed by atoms with E-state index in [4.69, 9.17) is 11.6 Å². The number of aliphatic hydroxyl groups is 1. The smallest absolute Gasteiger partial charge is 0.256 e. The number of aryl methyl sites for hydroxylation is 1. The minimum absolute atomic E-state index is 0.0404. The highest BCUT2D eigenvalue weighted by molar-refractivity contribution is 7.13. The molecule has 2 aliphatic heterocycles. The Morgan fingerprint density at radius 1 is 1.21 bits per heavy atom. The number of thiazole rings is 1. The van der Waals surface area contributed by atoms with Crippen molar-refractivity contribution in [2.75, 3.05) is 6.54 Å². The Bertz CT molecular complexity index is 1410. The summed E-state index contributed by atoms with van der Waals surface area (Å²) in [5.74, 6) is -1.18. The molecule has 8 nitrogen and oxygen atoms in total. The molecule has 3 atom stereocenters. The lowest BCUT2D eigenvalue weighted by atomic mass is 10.0. The average molecular weight is 567 g/mol. The van der Waals surface area contributed by atoms with E-state index >= 15 is 0 Å². The molecule has 5 rings (SSSR count). The zero-order valence-corrected chi connectivity index (χ0v) is 23.6. The SMILES string of the molecule is Cc1ncsc1-c1ccc(CNC(=O)[C@@H]2C[C@@H](O)CN2C(=O)[C@H](C(C)C)N2Cc3cccc(Cl)c3C2=O)cc1. The fourth-order valence-electron chi connectivity index (χ4n) is 5.48. The fraction of sp³-hybridized carbons (Fsp3) is 0.379. The van der Waals surface area contributed by atoms with Crippen LogP contribution < -0.4 is 5.32 Å². The summed E-state index contributed by atoms with van der Waals surface area (Å²) >= 11 is 7.88. The lowest BCUT2D eigenvalue weighted by Gasteiger charge is -2.35. The number of aromatic nitrogens is 1. The van der Waals surface area contributed by atoms with E-state index in [0.717, 1.165) is 27.3 Å². The summed E-state index contributed by atoms with van der Waals surface area (Å²) in [7, 11) is 0. The number of carbonyl (C=O) groups excluding carboxylic acids is 3. The summed E-state index contributed by atoms with van der Waals surface area (Å²) in [5, 5.41) is 13.7. The van der Waals surface area contributed by atoms with Crippen LogP contribution in [0.1, 0.15) is 47.4 Å². The maximum atomic E-state index is 13.9. The van der Waals surface area contributed by atoms with Gasteiger partial charge in [-0.25, -0.2) is 4.98 Å². The molecule has 3 amide bonds. The van der Waals surface area contributed by atoms with Crippen LogP contribution in [0.25, 0.3) is 10.4 Å². The minimum atomic E-state index is -0.823. The number of β-amino-alcohol motifs (C(OH)–C–C–N with tert-alkyl or cyclic N) is 1. The molecule has 39 heavy (non-hydrogen) atoms. The summed E-state index contributed by atoms with van der Waals surface area (Å²) in [4.78, 5) is 48.8. The second-order valence-electron chi connectivity index (χ2n) is 10.5. The maximum Gasteiger partial charge on any atom is 0.256 e. The first-order valence-corrected chi connectivity index (χ1v) is 14.3. The number of rotatable bonds is 7. The van der Waals surface area contributed by atoms with Crippen LogP contribution in [0.3, 0.4) is 0 Å². The minimum Gasteiger partial charge on any atom is -0.391 e. The van der Waals surface area contributed by atoms with Crippen molar-refractivity contribution in [1.29, 1.82) is 0 Å². The number of likely N-dealkylation sites (tertiary alicyclic amines) is 1. The number of nitrogens with zero attached hydrogens (tertiary/aromatic N) is 3. The number of hydrogen-bond donors (Lipinski definition) is 2. The van der Waals surface area contributed by atoms with Gasteiger partial charge in [-0.05, 0) is 35.6 Å². The molecular weight excluding hydrogens is 536 g/mol. The zero-order valence-electron chi connectivity index (χ0n) is 22.1. The largest absolute Gasteiger partial charge is 0.391 e. The standard InChI is InChI=1S/C29H31ClN4O4S/c1-16(2)25(34-13-20-5-4-6-22(30)24(20)28(34)37)29(38)33-14-21(35)11-23(33)27(36)31-12-18-7-9-19(10-8-18)26-17(3)32-15-39-26/h4-10,15-16,21,23,25,35H,11-14H2,1-3H3,(H,31,36)/t21-,23+,25+/m1/s1. The summed E-state index contributed by atoms with van der Waals surface area (Å²) in [6, 6.07) is 11.6. The van der Waals surface area contributed by atoms with Crippen LogP contribution in [0, 0.1) is 12.8 Å². The Morgan fingerprint density at radius 2 is 1.95 bits per heavy atom. The Hall–Kier alpha value is -3.27. The highest BCUT2D eigenvalue weighted by atomic mass is 35.5. The van der Waals surface area contributed by atoms with Crippen LogP contribution in [0.15, 0.2) is 48.0 Å². The van der Waals surface area contributed by atoms with Gasteiger partial charge in [0, 0.05) is 26.1 Å². The highest BCUT2D eigenvalue weighted by Crippen LogP contribution is 2.33. The Morgan fingerprint density at radius 3 is 2.59 bits per heavy atom. The van der Waals surface area contributed by atoms with Crippen molar-refractivity contribution in [2.24, 2.45) is 5.92 Å². The van der Waals surface area contributed by atoms with Gasteiger partial charge in [0.1, 0.15) is 12.1 Å². The Kier molecular flexibility index (Phi) is 7.75. The topological polar surface area (TPSA) is 103 Å². The van der Waals surface area contributed by atoms with Crippen molar-refractivity contribution < 1.29 is 19.5 Å². The van der Waals surface area contributed by atoms with Crippen molar-refractivity contribution in [3.63, 3.8) is 0 Å². The normalized spacial score (nSPS) is 19.5. The fourth-order valence-corrected chi connectivity index (χ4v) is 6.56. The average Bonchev–Trinajstić information content (AvgIpc) is 3.60. The van der Waals surface area contributed by atoms with Crippen molar-refractivity contribution in [3.8, 4) is 10.4 Å². The van der Waals surface area contributed by atoms with E-state index in [9.17, 15) is 19.5 Å². The molecule has 0 spiro atoms. The Balaban J connectivity index is 1.28. The molecule has 204 valence electrons. The lowest BCUT2D eigenvalue weighted by molar-refractivity contribution is -0.143. The van der Waals surface area contributed by atoms with Crippen LogP contribution in [-0.2, 0) is 22.7 Å². The number of halogens is 1. The molecule has 1 saturated heterocycles. The first-order valence-electron chi connectivity index (χ1n) is 13.0. The van der Waals surface area contributed by atoms with E-state index < -0.39 is 18.2 Å². The number of amides is 3. The van der Waals surface area contributed by atoms with Crippen LogP contribution in [0.2, 0.25) is 5.02 Å². The molecule has 1 aromatic heterocycles. The van der Waals surface area contributed by atoms with Gasteiger partial charge in [-0.1, -0.05) is 61.8 Å². The molecule has 1 fully saturated rings. The van der Waals surface area contributed by atoms with Gasteiger partial charge in [0.15, 0.2) is 0 Å². The summed E-state index contributed by atoms with van der Waals surface area (Å²) < 4.78 is 0. The molecule has 2 N–H and O–H groups in total. The third kappa shape index (κ3) is 5.31. The van der Waals surface area contributed by atoms with Gasteiger partial charge in [-0.2, -0.15) is 0 Å². The molecule has 3 aromatic rings. The molecule has 0 radical (unpaired) electrons. The van der Waals surface area contributed by atoms with E-state index in [1.54, 1.807) is 23.5 Å². The summed E-state index contributed by atoms with van der Waals surface area (Å²) in [6.07, 6.45) is -0.674. The molecule has 0 bridgehead atoms. The van der Waals surface area contributed by atoms with Gasteiger partial charge in [-0.3, -0.25) is 14.4 Å². The predicted molar refractivity (Wildman–Crippen MR) is 150 cm³/mol. The zero-order chi connectivity index (χ0) is 27.8. The van der Waals surface area contributed by atoms with Gasteiger partial charge >= 0.3 is 0 Å². The van der Waals surface area contributed by atoms with E-state index in [2.05, 4.69) is 10.3 Å².